The van der Waals surface area contributed by atoms with Gasteiger partial charge in [0, 0.05) is 12.6 Å². The lowest BCUT2D eigenvalue weighted by Gasteiger charge is -2.28. The van der Waals surface area contributed by atoms with Crippen LogP contribution in [-0.4, -0.2) is 41.1 Å². The Morgan fingerprint density at radius 1 is 1.50 bits per heavy atom. The van der Waals surface area contributed by atoms with Gasteiger partial charge in [-0.1, -0.05) is 13.3 Å². The number of aliphatic hydroxyl groups excluding tert-OH is 1. The van der Waals surface area contributed by atoms with Gasteiger partial charge in [-0.15, -0.1) is 0 Å². The fourth-order valence-corrected chi connectivity index (χ4v) is 1.38. The number of hydrogen-bond donors (Lipinski definition) is 2. The summed E-state index contributed by atoms with van der Waals surface area (Å²) in [6.45, 7) is 6.20. The molecule has 0 aromatic carbocycles. The Labute approximate surface area is 86.1 Å². The molecule has 1 atom stereocenters. The van der Waals surface area contributed by atoms with Crippen molar-refractivity contribution < 1.29 is 9.90 Å². The molecule has 0 bridgehead atoms. The van der Waals surface area contributed by atoms with Crippen LogP contribution in [-0.2, 0) is 4.79 Å². The molecule has 14 heavy (non-hydrogen) atoms. The van der Waals surface area contributed by atoms with Gasteiger partial charge in [0.1, 0.15) is 0 Å². The molecule has 0 aliphatic heterocycles. The first kappa shape index (κ1) is 13.4. The third-order valence-electron chi connectivity index (χ3n) is 2.16. The van der Waals surface area contributed by atoms with E-state index in [0.717, 1.165) is 6.42 Å². The Hall–Kier alpha value is -0.610. The zero-order valence-electron chi connectivity index (χ0n) is 9.36. The van der Waals surface area contributed by atoms with Crippen molar-refractivity contribution >= 4 is 5.91 Å². The lowest BCUT2D eigenvalue weighted by atomic mass is 10.1. The van der Waals surface area contributed by atoms with Crippen molar-refractivity contribution in [1.29, 1.82) is 0 Å². The molecule has 0 aromatic heterocycles. The van der Waals surface area contributed by atoms with E-state index in [0.29, 0.717) is 13.0 Å². The molecule has 0 aliphatic carbocycles. The summed E-state index contributed by atoms with van der Waals surface area (Å²) in [4.78, 5) is 13.4. The van der Waals surface area contributed by atoms with Crippen molar-refractivity contribution in [1.82, 2.24) is 4.90 Å². The maximum atomic E-state index is 11.8. The number of nitrogens with zero attached hydrogens (tertiary/aromatic N) is 1. The molecular formula is C10H22N2O2. The maximum absolute atomic E-state index is 11.8. The first-order valence-corrected chi connectivity index (χ1v) is 5.21. The molecule has 3 N–H and O–H groups in total. The first-order chi connectivity index (χ1) is 6.54. The van der Waals surface area contributed by atoms with Gasteiger partial charge in [-0.05, 0) is 20.3 Å². The molecule has 0 aromatic rings. The van der Waals surface area contributed by atoms with Crippen LogP contribution in [0.4, 0.5) is 0 Å². The van der Waals surface area contributed by atoms with Crippen LogP contribution in [0.2, 0.25) is 0 Å². The SMILES string of the molecule is CCC[C@@H](N)C(=O)N(CCO)C(C)C. The van der Waals surface area contributed by atoms with Gasteiger partial charge in [-0.25, -0.2) is 0 Å². The minimum absolute atomic E-state index is 0.0111. The van der Waals surface area contributed by atoms with Crippen molar-refractivity contribution in [2.24, 2.45) is 5.73 Å². The number of amides is 1. The molecule has 0 saturated heterocycles. The van der Waals surface area contributed by atoms with Crippen molar-refractivity contribution in [2.75, 3.05) is 13.2 Å². The second-order valence-corrected chi connectivity index (χ2v) is 3.74. The van der Waals surface area contributed by atoms with E-state index < -0.39 is 6.04 Å². The highest BCUT2D eigenvalue weighted by atomic mass is 16.3. The average Bonchev–Trinajstić information content (AvgIpc) is 2.13. The largest absolute Gasteiger partial charge is 0.395 e. The first-order valence-electron chi connectivity index (χ1n) is 5.21. The number of carbonyl (C=O) groups excluding carboxylic acids is 1. The summed E-state index contributed by atoms with van der Waals surface area (Å²) in [6.07, 6.45) is 1.60. The molecule has 0 rings (SSSR count). The Morgan fingerprint density at radius 3 is 2.43 bits per heavy atom. The molecule has 0 unspecified atom stereocenters. The maximum Gasteiger partial charge on any atom is 0.239 e. The molecule has 0 radical (unpaired) electrons. The summed E-state index contributed by atoms with van der Waals surface area (Å²) in [5, 5.41) is 8.81. The summed E-state index contributed by atoms with van der Waals surface area (Å²) in [5.41, 5.74) is 5.72. The minimum atomic E-state index is -0.422. The number of hydrogen-bond acceptors (Lipinski definition) is 3. The third-order valence-corrected chi connectivity index (χ3v) is 2.16. The van der Waals surface area contributed by atoms with Crippen molar-refractivity contribution in [2.45, 2.75) is 45.7 Å². The summed E-state index contributed by atoms with van der Waals surface area (Å²) < 4.78 is 0. The Morgan fingerprint density at radius 2 is 2.07 bits per heavy atom. The van der Waals surface area contributed by atoms with Crippen LogP contribution in [0.1, 0.15) is 33.6 Å². The highest BCUT2D eigenvalue weighted by molar-refractivity contribution is 5.81. The van der Waals surface area contributed by atoms with Crippen molar-refractivity contribution in [3.63, 3.8) is 0 Å². The van der Waals surface area contributed by atoms with E-state index in [4.69, 9.17) is 10.8 Å². The second kappa shape index (κ2) is 6.79. The molecule has 0 spiro atoms. The van der Waals surface area contributed by atoms with Gasteiger partial charge < -0.3 is 15.7 Å². The number of aliphatic hydroxyl groups is 1. The lowest BCUT2D eigenvalue weighted by molar-refractivity contribution is -0.135. The number of nitrogens with two attached hydrogens (primary N) is 1. The van der Waals surface area contributed by atoms with Gasteiger partial charge in [-0.2, -0.15) is 0 Å². The highest BCUT2D eigenvalue weighted by Gasteiger charge is 2.21. The van der Waals surface area contributed by atoms with Crippen LogP contribution < -0.4 is 5.73 Å². The van der Waals surface area contributed by atoms with Crippen molar-refractivity contribution in [3.05, 3.63) is 0 Å². The van der Waals surface area contributed by atoms with Crippen LogP contribution in [0.25, 0.3) is 0 Å². The molecule has 4 heteroatoms. The predicted octanol–water partition coefficient (Wildman–Crippen LogP) is 0.343. The fourth-order valence-electron chi connectivity index (χ4n) is 1.38. The molecule has 0 heterocycles. The molecular weight excluding hydrogens is 180 g/mol. The summed E-state index contributed by atoms with van der Waals surface area (Å²) in [6, 6.07) is -0.327. The van der Waals surface area contributed by atoms with Gasteiger partial charge in [0.15, 0.2) is 0 Å². The number of carbonyl (C=O) groups is 1. The highest BCUT2D eigenvalue weighted by Crippen LogP contribution is 2.04. The molecule has 4 nitrogen and oxygen atoms in total. The van der Waals surface area contributed by atoms with Crippen LogP contribution in [0.3, 0.4) is 0 Å². The molecule has 0 aliphatic rings. The monoisotopic (exact) mass is 202 g/mol. The second-order valence-electron chi connectivity index (χ2n) is 3.74. The molecule has 1 amide bonds. The van der Waals surface area contributed by atoms with E-state index >= 15 is 0 Å². The number of rotatable bonds is 6. The van der Waals surface area contributed by atoms with Crippen LogP contribution >= 0.6 is 0 Å². The minimum Gasteiger partial charge on any atom is -0.395 e. The van der Waals surface area contributed by atoms with Gasteiger partial charge in [0.05, 0.1) is 12.6 Å². The lowest BCUT2D eigenvalue weighted by Crippen LogP contribution is -2.48. The summed E-state index contributed by atoms with van der Waals surface area (Å²) in [5.74, 6) is -0.0594. The Kier molecular flexibility index (Phi) is 6.49. The zero-order valence-corrected chi connectivity index (χ0v) is 9.36. The van der Waals surface area contributed by atoms with Crippen molar-refractivity contribution in [3.8, 4) is 0 Å². The molecule has 0 fully saturated rings. The topological polar surface area (TPSA) is 66.6 Å². The quantitative estimate of drug-likeness (QED) is 0.653. The van der Waals surface area contributed by atoms with E-state index in [1.54, 1.807) is 4.90 Å². The van der Waals surface area contributed by atoms with E-state index in [1.807, 2.05) is 20.8 Å². The third kappa shape index (κ3) is 4.07. The summed E-state index contributed by atoms with van der Waals surface area (Å²) >= 11 is 0. The molecule has 0 saturated carbocycles. The normalized spacial score (nSPS) is 13.0. The van der Waals surface area contributed by atoms with Gasteiger partial charge in [0.2, 0.25) is 5.91 Å². The van der Waals surface area contributed by atoms with Crippen LogP contribution in [0.15, 0.2) is 0 Å². The van der Waals surface area contributed by atoms with Crippen LogP contribution in [0, 0.1) is 0 Å². The predicted molar refractivity (Wildman–Crippen MR) is 56.8 cm³/mol. The zero-order chi connectivity index (χ0) is 11.1. The van der Waals surface area contributed by atoms with Gasteiger partial charge in [0.25, 0.3) is 0 Å². The van der Waals surface area contributed by atoms with Gasteiger partial charge >= 0.3 is 0 Å². The Bertz CT molecular complexity index is 172. The van der Waals surface area contributed by atoms with E-state index in [9.17, 15) is 4.79 Å². The Balaban J connectivity index is 4.27. The van der Waals surface area contributed by atoms with Crippen LogP contribution in [0.5, 0.6) is 0 Å². The standard InChI is InChI=1S/C10H22N2O2/c1-4-5-9(11)10(14)12(6-7-13)8(2)3/h8-9,13H,4-7,11H2,1-3H3/t9-/m1/s1. The summed E-state index contributed by atoms with van der Waals surface area (Å²) in [7, 11) is 0. The van der Waals surface area contributed by atoms with E-state index in [1.165, 1.54) is 0 Å². The fraction of sp³-hybridized carbons (Fsp3) is 0.900. The van der Waals surface area contributed by atoms with Gasteiger partial charge in [-0.3, -0.25) is 4.79 Å². The average molecular weight is 202 g/mol. The molecule has 84 valence electrons. The smallest absolute Gasteiger partial charge is 0.239 e. The van der Waals surface area contributed by atoms with E-state index in [-0.39, 0.29) is 18.6 Å². The van der Waals surface area contributed by atoms with E-state index in [2.05, 4.69) is 0 Å².